The van der Waals surface area contributed by atoms with Gasteiger partial charge in [-0.1, -0.05) is 29.8 Å². The van der Waals surface area contributed by atoms with Crippen LogP contribution < -0.4 is 10.0 Å². The first-order valence-corrected chi connectivity index (χ1v) is 12.0. The summed E-state index contributed by atoms with van der Waals surface area (Å²) in [5.41, 5.74) is 3.74. The summed E-state index contributed by atoms with van der Waals surface area (Å²) in [5.74, 6) is -1.48. The minimum Gasteiger partial charge on any atom is -0.332 e. The van der Waals surface area contributed by atoms with Crippen LogP contribution in [0.15, 0.2) is 65.6 Å². The average Bonchev–Trinajstić information content (AvgIpc) is 2.76. The van der Waals surface area contributed by atoms with E-state index in [1.165, 1.54) is 24.1 Å². The zero-order valence-corrected chi connectivity index (χ0v) is 20.2. The predicted molar refractivity (Wildman–Crippen MR) is 130 cm³/mol. The minimum absolute atomic E-state index is 0.0503. The Balaban J connectivity index is 1.76. The molecule has 34 heavy (non-hydrogen) atoms. The van der Waals surface area contributed by atoms with Crippen LogP contribution in [0.1, 0.15) is 27.0 Å². The Kier molecular flexibility index (Phi) is 7.36. The Morgan fingerprint density at radius 3 is 2.15 bits per heavy atom. The fourth-order valence-electron chi connectivity index (χ4n) is 3.63. The van der Waals surface area contributed by atoms with Crippen molar-refractivity contribution in [2.75, 3.05) is 23.6 Å². The summed E-state index contributed by atoms with van der Waals surface area (Å²) in [7, 11) is -2.59. The summed E-state index contributed by atoms with van der Waals surface area (Å²) in [6.45, 7) is 5.53. The first-order valence-electron chi connectivity index (χ1n) is 10.5. The van der Waals surface area contributed by atoms with Gasteiger partial charge >= 0.3 is 0 Å². The number of rotatable bonds is 7. The predicted octanol–water partition coefficient (Wildman–Crippen LogP) is 4.26. The summed E-state index contributed by atoms with van der Waals surface area (Å²) in [5, 5.41) is 2.85. The highest BCUT2D eigenvalue weighted by Gasteiger charge is 2.22. The molecular formula is C25H26FN3O4S. The van der Waals surface area contributed by atoms with Gasteiger partial charge in [-0.25, -0.2) is 12.8 Å². The van der Waals surface area contributed by atoms with Gasteiger partial charge in [0.1, 0.15) is 5.82 Å². The molecule has 0 aliphatic rings. The third-order valence-corrected chi connectivity index (χ3v) is 6.58. The van der Waals surface area contributed by atoms with Gasteiger partial charge in [-0.3, -0.25) is 14.3 Å². The molecule has 3 aromatic carbocycles. The highest BCUT2D eigenvalue weighted by atomic mass is 32.2. The molecule has 0 saturated carbocycles. The van der Waals surface area contributed by atoms with Gasteiger partial charge in [0, 0.05) is 12.7 Å². The molecule has 0 atom stereocenters. The molecule has 0 bridgehead atoms. The van der Waals surface area contributed by atoms with E-state index in [4.69, 9.17) is 0 Å². The van der Waals surface area contributed by atoms with Crippen LogP contribution in [0.2, 0.25) is 0 Å². The molecule has 0 aliphatic heterocycles. The number of halogens is 1. The number of hydrogen-bond acceptors (Lipinski definition) is 4. The largest absolute Gasteiger partial charge is 0.332 e. The molecule has 2 N–H and O–H groups in total. The number of carbonyl (C=O) groups excluding carboxylic acids is 2. The fourth-order valence-corrected chi connectivity index (χ4v) is 4.70. The Labute approximate surface area is 198 Å². The van der Waals surface area contributed by atoms with Crippen molar-refractivity contribution in [1.29, 1.82) is 0 Å². The molecule has 3 aromatic rings. The van der Waals surface area contributed by atoms with Crippen molar-refractivity contribution in [3.8, 4) is 0 Å². The summed E-state index contributed by atoms with van der Waals surface area (Å²) >= 11 is 0. The van der Waals surface area contributed by atoms with Crippen LogP contribution in [0, 0.1) is 26.6 Å². The second-order valence-corrected chi connectivity index (χ2v) is 9.77. The quantitative estimate of drug-likeness (QED) is 0.525. The maximum atomic E-state index is 13.2. The van der Waals surface area contributed by atoms with Crippen molar-refractivity contribution in [2.24, 2.45) is 0 Å². The van der Waals surface area contributed by atoms with Crippen molar-refractivity contribution < 1.29 is 22.4 Å². The standard InChI is InChI=1S/C25H26FN3O4S/c1-16-13-17(2)24(18(3)14-16)27-23(30)15-29(4)25(31)21-7-5-6-8-22(21)28-34(32,33)20-11-9-19(26)10-12-20/h5-14,28H,15H2,1-4H3,(H,27,30). The lowest BCUT2D eigenvalue weighted by atomic mass is 10.1. The van der Waals surface area contributed by atoms with Gasteiger partial charge in [-0.05, 0) is 68.3 Å². The van der Waals surface area contributed by atoms with Crippen LogP contribution in [-0.4, -0.2) is 38.7 Å². The number of nitrogens with zero attached hydrogens (tertiary/aromatic N) is 1. The number of anilines is 2. The van der Waals surface area contributed by atoms with Crippen molar-refractivity contribution >= 4 is 33.2 Å². The molecular weight excluding hydrogens is 457 g/mol. The number of carbonyl (C=O) groups is 2. The van der Waals surface area contributed by atoms with E-state index in [1.807, 2.05) is 32.9 Å². The highest BCUT2D eigenvalue weighted by molar-refractivity contribution is 7.92. The van der Waals surface area contributed by atoms with Crippen LogP contribution in [0.5, 0.6) is 0 Å². The molecule has 0 saturated heterocycles. The van der Waals surface area contributed by atoms with Crippen molar-refractivity contribution in [3.63, 3.8) is 0 Å². The van der Waals surface area contributed by atoms with Crippen LogP contribution in [0.25, 0.3) is 0 Å². The van der Waals surface area contributed by atoms with Gasteiger partial charge in [-0.15, -0.1) is 0 Å². The molecule has 178 valence electrons. The monoisotopic (exact) mass is 483 g/mol. The van der Waals surface area contributed by atoms with E-state index in [0.29, 0.717) is 5.69 Å². The molecule has 0 unspecified atom stereocenters. The first-order chi connectivity index (χ1) is 16.0. The zero-order chi connectivity index (χ0) is 25.0. The molecule has 0 radical (unpaired) electrons. The average molecular weight is 484 g/mol. The van der Waals surface area contributed by atoms with Gasteiger partial charge < -0.3 is 10.2 Å². The Bertz CT molecular complexity index is 1320. The molecule has 2 amide bonds. The minimum atomic E-state index is -4.06. The second kappa shape index (κ2) is 10.0. The van der Waals surface area contributed by atoms with Crippen LogP contribution in [0.3, 0.4) is 0 Å². The number of nitrogens with one attached hydrogen (secondary N) is 2. The molecule has 0 aliphatic carbocycles. The second-order valence-electron chi connectivity index (χ2n) is 8.09. The Morgan fingerprint density at radius 2 is 1.53 bits per heavy atom. The lowest BCUT2D eigenvalue weighted by molar-refractivity contribution is -0.116. The van der Waals surface area contributed by atoms with Crippen LogP contribution in [-0.2, 0) is 14.8 Å². The SMILES string of the molecule is Cc1cc(C)c(NC(=O)CN(C)C(=O)c2ccccc2NS(=O)(=O)c2ccc(F)cc2)c(C)c1. The Morgan fingerprint density at radius 1 is 0.941 bits per heavy atom. The maximum absolute atomic E-state index is 13.2. The highest BCUT2D eigenvalue weighted by Crippen LogP contribution is 2.23. The van der Waals surface area contributed by atoms with Crippen LogP contribution in [0.4, 0.5) is 15.8 Å². The molecule has 9 heteroatoms. The van der Waals surface area contributed by atoms with E-state index in [1.54, 1.807) is 12.1 Å². The van der Waals surface area contributed by atoms with Gasteiger partial charge in [0.05, 0.1) is 22.7 Å². The first kappa shape index (κ1) is 24.9. The normalized spacial score (nSPS) is 11.1. The molecule has 0 spiro atoms. The summed E-state index contributed by atoms with van der Waals surface area (Å²) in [4.78, 5) is 26.7. The van der Waals surface area contributed by atoms with E-state index < -0.39 is 21.7 Å². The van der Waals surface area contributed by atoms with E-state index in [9.17, 15) is 22.4 Å². The zero-order valence-electron chi connectivity index (χ0n) is 19.3. The summed E-state index contributed by atoms with van der Waals surface area (Å²) in [6, 6.07) is 14.3. The molecule has 0 heterocycles. The summed E-state index contributed by atoms with van der Waals surface area (Å²) < 4.78 is 40.9. The summed E-state index contributed by atoms with van der Waals surface area (Å²) in [6.07, 6.45) is 0. The van der Waals surface area contributed by atoms with E-state index in [0.717, 1.165) is 41.0 Å². The number of sulfonamides is 1. The van der Waals surface area contributed by atoms with Crippen molar-refractivity contribution in [1.82, 2.24) is 4.90 Å². The van der Waals surface area contributed by atoms with Gasteiger partial charge in [-0.2, -0.15) is 0 Å². The van der Waals surface area contributed by atoms with Crippen molar-refractivity contribution in [2.45, 2.75) is 25.7 Å². The van der Waals surface area contributed by atoms with E-state index in [2.05, 4.69) is 10.0 Å². The lowest BCUT2D eigenvalue weighted by Crippen LogP contribution is -2.35. The van der Waals surface area contributed by atoms with E-state index in [-0.39, 0.29) is 28.6 Å². The molecule has 0 fully saturated rings. The topological polar surface area (TPSA) is 95.6 Å². The molecule has 7 nitrogen and oxygen atoms in total. The fraction of sp³-hybridized carbons (Fsp3) is 0.200. The van der Waals surface area contributed by atoms with Gasteiger partial charge in [0.25, 0.3) is 15.9 Å². The number of para-hydroxylation sites is 1. The Hall–Kier alpha value is -3.72. The number of benzene rings is 3. The molecule has 3 rings (SSSR count). The number of aryl methyl sites for hydroxylation is 3. The van der Waals surface area contributed by atoms with Crippen molar-refractivity contribution in [3.05, 3.63) is 88.7 Å². The smallest absolute Gasteiger partial charge is 0.261 e. The van der Waals surface area contributed by atoms with Gasteiger partial charge in [0.2, 0.25) is 5.91 Å². The van der Waals surface area contributed by atoms with Gasteiger partial charge in [0.15, 0.2) is 0 Å². The maximum Gasteiger partial charge on any atom is 0.261 e. The third-order valence-electron chi connectivity index (χ3n) is 5.19. The lowest BCUT2D eigenvalue weighted by Gasteiger charge is -2.20. The number of hydrogen-bond donors (Lipinski definition) is 2. The number of likely N-dealkylation sites (N-methyl/N-ethyl adjacent to an activating group) is 1. The van der Waals surface area contributed by atoms with Crippen LogP contribution >= 0.6 is 0 Å². The van der Waals surface area contributed by atoms with E-state index >= 15 is 0 Å². The third kappa shape index (κ3) is 5.79. The number of amides is 2. The molecule has 0 aromatic heterocycles.